The van der Waals surface area contributed by atoms with E-state index in [0.29, 0.717) is 12.4 Å². The number of esters is 1. The minimum absolute atomic E-state index is 0.0736. The highest BCUT2D eigenvalue weighted by Crippen LogP contribution is 2.31. The van der Waals surface area contributed by atoms with Gasteiger partial charge in [0.25, 0.3) is 0 Å². The van der Waals surface area contributed by atoms with E-state index in [-0.39, 0.29) is 12.5 Å². The Hall–Kier alpha value is -1.56. The molecule has 0 radical (unpaired) electrons. The summed E-state index contributed by atoms with van der Waals surface area (Å²) in [6, 6.07) is 3.72. The van der Waals surface area contributed by atoms with Crippen LogP contribution in [0.5, 0.6) is 5.75 Å². The summed E-state index contributed by atoms with van der Waals surface area (Å²) in [6.45, 7) is 2.21. The van der Waals surface area contributed by atoms with Crippen LogP contribution in [0.25, 0.3) is 10.9 Å². The fraction of sp³-hybridized carbons (Fsp3) is 0.333. The molecule has 2 aromatic rings. The minimum Gasteiger partial charge on any atom is -0.494 e. The Labute approximate surface area is 113 Å². The third kappa shape index (κ3) is 2.33. The van der Waals surface area contributed by atoms with Gasteiger partial charge in [-0.1, -0.05) is 15.9 Å². The van der Waals surface area contributed by atoms with Crippen LogP contribution >= 0.6 is 15.9 Å². The van der Waals surface area contributed by atoms with Crippen molar-refractivity contribution in [1.29, 1.82) is 0 Å². The summed E-state index contributed by atoms with van der Waals surface area (Å²) in [7, 11) is 1.59. The van der Waals surface area contributed by atoms with Gasteiger partial charge in [-0.25, -0.2) is 4.68 Å². The molecule has 0 fully saturated rings. The van der Waals surface area contributed by atoms with Crippen molar-refractivity contribution >= 4 is 32.8 Å². The van der Waals surface area contributed by atoms with Gasteiger partial charge in [-0.05, 0) is 19.1 Å². The molecule has 0 aliphatic heterocycles. The van der Waals surface area contributed by atoms with Crippen LogP contribution in [0.4, 0.5) is 0 Å². The van der Waals surface area contributed by atoms with Crippen molar-refractivity contribution in [3.63, 3.8) is 0 Å². The molecule has 0 aliphatic carbocycles. The van der Waals surface area contributed by atoms with Crippen molar-refractivity contribution in [2.24, 2.45) is 0 Å². The first-order chi connectivity index (χ1) is 8.67. The monoisotopic (exact) mass is 312 g/mol. The Morgan fingerprint density at radius 3 is 2.94 bits per heavy atom. The molecule has 5 nitrogen and oxygen atoms in total. The molecule has 1 aromatic carbocycles. The molecule has 18 heavy (non-hydrogen) atoms. The summed E-state index contributed by atoms with van der Waals surface area (Å²) in [6.07, 6.45) is 1.70. The van der Waals surface area contributed by atoms with Gasteiger partial charge in [-0.15, -0.1) is 0 Å². The lowest BCUT2D eigenvalue weighted by molar-refractivity contribution is -0.143. The molecule has 1 heterocycles. The second kappa shape index (κ2) is 5.39. The fourth-order valence-electron chi connectivity index (χ4n) is 1.75. The number of aromatic nitrogens is 2. The molecule has 0 atom stereocenters. The molecular weight excluding hydrogens is 300 g/mol. The summed E-state index contributed by atoms with van der Waals surface area (Å²) < 4.78 is 12.7. The summed E-state index contributed by atoms with van der Waals surface area (Å²) in [4.78, 5) is 11.5. The summed E-state index contributed by atoms with van der Waals surface area (Å²) in [5.41, 5.74) is 0.778. The number of fused-ring (bicyclic) bond motifs is 1. The maximum absolute atomic E-state index is 11.5. The highest BCUT2D eigenvalue weighted by molar-refractivity contribution is 9.10. The van der Waals surface area contributed by atoms with E-state index >= 15 is 0 Å². The van der Waals surface area contributed by atoms with Gasteiger partial charge in [0.1, 0.15) is 17.8 Å². The molecule has 6 heteroatoms. The molecule has 0 saturated heterocycles. The van der Waals surface area contributed by atoms with Gasteiger partial charge in [0, 0.05) is 9.86 Å². The zero-order valence-electron chi connectivity index (χ0n) is 10.1. The van der Waals surface area contributed by atoms with Crippen molar-refractivity contribution in [1.82, 2.24) is 9.78 Å². The minimum atomic E-state index is -0.315. The number of halogens is 1. The molecule has 1 aromatic heterocycles. The third-order valence-electron chi connectivity index (χ3n) is 2.52. The smallest absolute Gasteiger partial charge is 0.327 e. The lowest BCUT2D eigenvalue weighted by Crippen LogP contribution is -2.14. The normalized spacial score (nSPS) is 10.6. The Bertz CT molecular complexity index is 580. The van der Waals surface area contributed by atoms with Crippen LogP contribution in [0.15, 0.2) is 22.8 Å². The molecule has 0 amide bonds. The molecule has 96 valence electrons. The Morgan fingerprint density at radius 1 is 1.50 bits per heavy atom. The van der Waals surface area contributed by atoms with E-state index in [2.05, 4.69) is 21.0 Å². The van der Waals surface area contributed by atoms with Gasteiger partial charge < -0.3 is 9.47 Å². The maximum Gasteiger partial charge on any atom is 0.327 e. The molecule has 0 bridgehead atoms. The second-order valence-corrected chi connectivity index (χ2v) is 4.47. The maximum atomic E-state index is 11.5. The number of benzene rings is 1. The van der Waals surface area contributed by atoms with E-state index < -0.39 is 0 Å². The summed E-state index contributed by atoms with van der Waals surface area (Å²) in [5.74, 6) is 0.361. The lowest BCUT2D eigenvalue weighted by atomic mass is 10.2. The van der Waals surface area contributed by atoms with E-state index in [4.69, 9.17) is 9.47 Å². The van der Waals surface area contributed by atoms with Gasteiger partial charge in [-0.2, -0.15) is 5.10 Å². The van der Waals surface area contributed by atoms with Gasteiger partial charge in [0.2, 0.25) is 0 Å². The van der Waals surface area contributed by atoms with Gasteiger partial charge in [0.05, 0.1) is 19.9 Å². The van der Waals surface area contributed by atoms with Crippen LogP contribution in [0, 0.1) is 0 Å². The standard InChI is InChI=1S/C12H13BrN2O3/c1-3-18-11(16)7-15-12-8(6-14-15)9(13)4-5-10(12)17-2/h4-6H,3,7H2,1-2H3. The molecular formula is C12H13BrN2O3. The van der Waals surface area contributed by atoms with E-state index in [1.54, 1.807) is 24.9 Å². The molecule has 0 saturated carbocycles. The van der Waals surface area contributed by atoms with Crippen LogP contribution in [0.3, 0.4) is 0 Å². The fourth-order valence-corrected chi connectivity index (χ4v) is 2.17. The number of nitrogens with zero attached hydrogens (tertiary/aromatic N) is 2. The predicted octanol–water partition coefficient (Wildman–Crippen LogP) is 2.37. The largest absolute Gasteiger partial charge is 0.494 e. The molecule has 0 spiro atoms. The first-order valence-electron chi connectivity index (χ1n) is 5.51. The quantitative estimate of drug-likeness (QED) is 0.813. The van der Waals surface area contributed by atoms with Gasteiger partial charge in [-0.3, -0.25) is 4.79 Å². The van der Waals surface area contributed by atoms with E-state index in [1.165, 1.54) is 0 Å². The average Bonchev–Trinajstić information content (AvgIpc) is 2.75. The summed E-state index contributed by atoms with van der Waals surface area (Å²) >= 11 is 3.45. The van der Waals surface area contributed by atoms with Crippen molar-refractivity contribution in [2.75, 3.05) is 13.7 Å². The average molecular weight is 313 g/mol. The number of ether oxygens (including phenoxy) is 2. The topological polar surface area (TPSA) is 53.4 Å². The first-order valence-corrected chi connectivity index (χ1v) is 6.30. The number of methoxy groups -OCH3 is 1. The lowest BCUT2D eigenvalue weighted by Gasteiger charge is -2.07. The summed E-state index contributed by atoms with van der Waals surface area (Å²) in [5, 5.41) is 5.09. The zero-order valence-corrected chi connectivity index (χ0v) is 11.7. The zero-order chi connectivity index (χ0) is 13.1. The van der Waals surface area contributed by atoms with Crippen LogP contribution in [0.2, 0.25) is 0 Å². The van der Waals surface area contributed by atoms with Gasteiger partial charge in [0.15, 0.2) is 0 Å². The van der Waals surface area contributed by atoms with Crippen molar-refractivity contribution in [3.8, 4) is 5.75 Å². The van der Waals surface area contributed by atoms with Crippen molar-refractivity contribution in [2.45, 2.75) is 13.5 Å². The number of carbonyl (C=O) groups is 1. The van der Waals surface area contributed by atoms with Crippen LogP contribution in [-0.2, 0) is 16.1 Å². The SMILES string of the molecule is CCOC(=O)Cn1ncc2c(Br)ccc(OC)c21. The highest BCUT2D eigenvalue weighted by Gasteiger charge is 2.14. The number of hydrogen-bond acceptors (Lipinski definition) is 4. The van der Waals surface area contributed by atoms with Gasteiger partial charge >= 0.3 is 5.97 Å². The van der Waals surface area contributed by atoms with Crippen molar-refractivity contribution in [3.05, 3.63) is 22.8 Å². The van der Waals surface area contributed by atoms with E-state index in [0.717, 1.165) is 15.4 Å². The second-order valence-electron chi connectivity index (χ2n) is 3.62. The first kappa shape index (κ1) is 12.9. The Morgan fingerprint density at radius 2 is 2.28 bits per heavy atom. The molecule has 0 aliphatic rings. The molecule has 0 N–H and O–H groups in total. The van der Waals surface area contributed by atoms with Crippen LogP contribution < -0.4 is 4.74 Å². The predicted molar refractivity (Wildman–Crippen MR) is 70.6 cm³/mol. The Balaban J connectivity index is 2.45. The van der Waals surface area contributed by atoms with Crippen LogP contribution in [0.1, 0.15) is 6.92 Å². The van der Waals surface area contributed by atoms with Crippen LogP contribution in [-0.4, -0.2) is 29.5 Å². The highest BCUT2D eigenvalue weighted by atomic mass is 79.9. The Kier molecular flexibility index (Phi) is 3.86. The molecule has 0 unspecified atom stereocenters. The van der Waals surface area contributed by atoms with E-state index in [9.17, 15) is 4.79 Å². The third-order valence-corrected chi connectivity index (χ3v) is 3.21. The number of carbonyl (C=O) groups excluding carboxylic acids is 1. The van der Waals surface area contributed by atoms with Crippen molar-refractivity contribution < 1.29 is 14.3 Å². The number of hydrogen-bond donors (Lipinski definition) is 0. The number of rotatable bonds is 4. The molecule has 2 rings (SSSR count). The van der Waals surface area contributed by atoms with E-state index in [1.807, 2.05) is 12.1 Å².